The van der Waals surface area contributed by atoms with E-state index in [0.717, 1.165) is 5.01 Å². The Kier molecular flexibility index (Phi) is 9.49. The Bertz CT molecular complexity index is 954. The maximum Gasteiger partial charge on any atom is 0.352 e. The Morgan fingerprint density at radius 2 is 1.81 bits per heavy atom. The number of nitrogens with one attached hydrogen (secondary N) is 1. The second-order valence-electron chi connectivity index (χ2n) is 7.01. The minimum Gasteiger partial charge on any atom is -0.479 e. The SMILES string of the molecule is CC1(C(=O)O)CC(C(=O)O)=NN1c1ccc(Cl)cc1Cl.CCC(Br)(CC)C(=O)NC(N)=O. The Morgan fingerprint density at radius 1 is 1.25 bits per heavy atom. The van der Waals surface area contributed by atoms with Gasteiger partial charge in [-0.15, -0.1) is 0 Å². The highest BCUT2D eigenvalue weighted by atomic mass is 79.9. The molecule has 0 fully saturated rings. The predicted molar refractivity (Wildman–Crippen MR) is 125 cm³/mol. The number of aliphatic carboxylic acids is 2. The second-order valence-corrected chi connectivity index (χ2v) is 9.37. The fraction of sp³-hybridized carbons (Fsp3) is 0.421. The molecule has 0 radical (unpaired) electrons. The van der Waals surface area contributed by atoms with E-state index in [4.69, 9.17) is 34.0 Å². The van der Waals surface area contributed by atoms with Gasteiger partial charge in [-0.25, -0.2) is 19.4 Å². The molecule has 3 amide bonds. The number of carbonyl (C=O) groups excluding carboxylic acids is 2. The number of nitrogens with zero attached hydrogens (tertiary/aromatic N) is 2. The van der Waals surface area contributed by atoms with Gasteiger partial charge < -0.3 is 15.9 Å². The zero-order valence-electron chi connectivity index (χ0n) is 17.5. The standard InChI is InChI=1S/C12H10Cl2N2O4.C7H13BrN2O2/c1-12(11(19)20)5-8(10(17)18)15-16(12)9-3-2-6(13)4-7(9)14;1-3-7(8,4-2)5(11)10-6(9)12/h2-4H,5H2,1H3,(H,17,18)(H,19,20);3-4H2,1-2H3,(H3,9,10,11,12). The number of anilines is 1. The van der Waals surface area contributed by atoms with Crippen LogP contribution in [0.4, 0.5) is 10.5 Å². The summed E-state index contributed by atoms with van der Waals surface area (Å²) in [6.07, 6.45) is 1.00. The van der Waals surface area contributed by atoms with Crippen molar-refractivity contribution in [3.63, 3.8) is 0 Å². The van der Waals surface area contributed by atoms with E-state index in [2.05, 4.69) is 21.0 Å². The van der Waals surface area contributed by atoms with Gasteiger partial charge in [-0.2, -0.15) is 5.10 Å². The van der Waals surface area contributed by atoms with Gasteiger partial charge in [-0.1, -0.05) is 53.0 Å². The normalized spacial score (nSPS) is 17.7. The zero-order valence-corrected chi connectivity index (χ0v) is 20.6. The van der Waals surface area contributed by atoms with E-state index in [1.54, 1.807) is 0 Å². The van der Waals surface area contributed by atoms with Crippen molar-refractivity contribution in [2.75, 3.05) is 5.01 Å². The first-order chi connectivity index (χ1) is 14.7. The van der Waals surface area contributed by atoms with E-state index in [1.807, 2.05) is 19.2 Å². The third kappa shape index (κ3) is 6.33. The van der Waals surface area contributed by atoms with Gasteiger partial charge in [0.2, 0.25) is 5.91 Å². The van der Waals surface area contributed by atoms with Crippen molar-refractivity contribution >= 4 is 74.4 Å². The summed E-state index contributed by atoms with van der Waals surface area (Å²) in [7, 11) is 0. The fourth-order valence-electron chi connectivity index (χ4n) is 2.72. The molecule has 0 aromatic heterocycles. The summed E-state index contributed by atoms with van der Waals surface area (Å²) in [5, 5.41) is 26.0. The van der Waals surface area contributed by atoms with E-state index in [0.29, 0.717) is 17.9 Å². The van der Waals surface area contributed by atoms with Crippen LogP contribution in [0, 0.1) is 0 Å². The number of nitrogens with two attached hydrogens (primary N) is 1. The number of carboxylic acid groups (broad SMARTS) is 2. The molecule has 1 aromatic rings. The lowest BCUT2D eigenvalue weighted by Gasteiger charge is -2.30. The number of imide groups is 1. The number of amides is 3. The number of carbonyl (C=O) groups is 4. The third-order valence-corrected chi connectivity index (χ3v) is 6.83. The number of hydrogen-bond donors (Lipinski definition) is 4. The quantitative estimate of drug-likeness (QED) is 0.391. The van der Waals surface area contributed by atoms with Gasteiger partial charge in [0.05, 0.1) is 10.7 Å². The summed E-state index contributed by atoms with van der Waals surface area (Å²) in [6, 6.07) is 3.65. The predicted octanol–water partition coefficient (Wildman–Crippen LogP) is 3.62. The van der Waals surface area contributed by atoms with Crippen LogP contribution < -0.4 is 16.1 Å². The molecule has 5 N–H and O–H groups in total. The van der Waals surface area contributed by atoms with Crippen molar-refractivity contribution in [2.24, 2.45) is 10.8 Å². The minimum absolute atomic E-state index is 0.195. The van der Waals surface area contributed by atoms with Gasteiger partial charge in [-0.3, -0.25) is 10.1 Å². The molecule has 0 saturated heterocycles. The molecule has 176 valence electrons. The topological polar surface area (TPSA) is 162 Å². The van der Waals surface area contributed by atoms with Crippen LogP contribution in [-0.4, -0.2) is 49.7 Å². The molecule has 1 aliphatic heterocycles. The van der Waals surface area contributed by atoms with E-state index in [1.165, 1.54) is 25.1 Å². The van der Waals surface area contributed by atoms with E-state index >= 15 is 0 Å². The van der Waals surface area contributed by atoms with Gasteiger partial charge in [0, 0.05) is 11.4 Å². The molecular weight excluding hydrogens is 531 g/mol. The Morgan fingerprint density at radius 3 is 2.22 bits per heavy atom. The van der Waals surface area contributed by atoms with Gasteiger partial charge in [0.15, 0.2) is 5.54 Å². The molecule has 1 unspecified atom stereocenters. The lowest BCUT2D eigenvalue weighted by molar-refractivity contribution is -0.142. The van der Waals surface area contributed by atoms with Crippen LogP contribution >= 0.6 is 39.1 Å². The Labute approximate surface area is 202 Å². The average Bonchev–Trinajstić information content (AvgIpc) is 3.06. The van der Waals surface area contributed by atoms with Crippen molar-refractivity contribution in [2.45, 2.75) is 49.9 Å². The first kappa shape index (κ1) is 27.7. The van der Waals surface area contributed by atoms with Crippen molar-refractivity contribution < 1.29 is 29.4 Å². The molecule has 10 nitrogen and oxygen atoms in total. The van der Waals surface area contributed by atoms with Crippen LogP contribution in [0.1, 0.15) is 40.0 Å². The summed E-state index contributed by atoms with van der Waals surface area (Å²) in [5.41, 5.74) is 3.35. The van der Waals surface area contributed by atoms with Crippen LogP contribution in [0.5, 0.6) is 0 Å². The number of rotatable bonds is 6. The van der Waals surface area contributed by atoms with Crippen LogP contribution in [0.15, 0.2) is 23.3 Å². The number of carboxylic acids is 2. The number of hydrogen-bond acceptors (Lipinski definition) is 6. The largest absolute Gasteiger partial charge is 0.479 e. The second kappa shape index (κ2) is 11.0. The summed E-state index contributed by atoms with van der Waals surface area (Å²) in [5.74, 6) is -2.83. The van der Waals surface area contributed by atoms with Gasteiger partial charge in [-0.05, 0) is 38.0 Å². The fourth-order valence-corrected chi connectivity index (χ4v) is 3.31. The maximum absolute atomic E-state index is 11.5. The minimum atomic E-state index is -1.51. The number of halogens is 3. The molecule has 0 saturated carbocycles. The van der Waals surface area contributed by atoms with Crippen molar-refractivity contribution in [3.05, 3.63) is 28.2 Å². The highest BCUT2D eigenvalue weighted by molar-refractivity contribution is 9.10. The van der Waals surface area contributed by atoms with Crippen LogP contribution in [0.3, 0.4) is 0 Å². The van der Waals surface area contributed by atoms with Crippen molar-refractivity contribution in [1.82, 2.24) is 5.32 Å². The lowest BCUT2D eigenvalue weighted by Crippen LogP contribution is -2.47. The van der Waals surface area contributed by atoms with Crippen LogP contribution in [0.25, 0.3) is 0 Å². The monoisotopic (exact) mass is 552 g/mol. The zero-order chi connectivity index (χ0) is 24.9. The molecule has 1 aromatic carbocycles. The molecule has 0 spiro atoms. The number of alkyl halides is 1. The third-order valence-electron chi connectivity index (χ3n) is 4.81. The maximum atomic E-state index is 11.5. The molecule has 1 heterocycles. The number of primary amides is 1. The number of benzene rings is 1. The Hall–Kier alpha value is -2.37. The molecule has 0 aliphatic carbocycles. The molecule has 2 rings (SSSR count). The Balaban J connectivity index is 0.000000368. The molecule has 1 aliphatic rings. The van der Waals surface area contributed by atoms with Crippen molar-refractivity contribution in [3.8, 4) is 0 Å². The number of urea groups is 1. The molecule has 0 bridgehead atoms. The lowest BCUT2D eigenvalue weighted by atomic mass is 9.95. The number of hydrazone groups is 1. The van der Waals surface area contributed by atoms with Gasteiger partial charge >= 0.3 is 18.0 Å². The van der Waals surface area contributed by atoms with Gasteiger partial charge in [0.1, 0.15) is 10.0 Å². The molecule has 1 atom stereocenters. The summed E-state index contributed by atoms with van der Waals surface area (Å²) in [4.78, 5) is 44.1. The van der Waals surface area contributed by atoms with Gasteiger partial charge in [0.25, 0.3) is 0 Å². The molecule has 13 heteroatoms. The summed E-state index contributed by atoms with van der Waals surface area (Å²) >= 11 is 15.1. The molecule has 32 heavy (non-hydrogen) atoms. The molecular formula is C19H23BrCl2N4O6. The first-order valence-corrected chi connectivity index (χ1v) is 10.9. The van der Waals surface area contributed by atoms with Crippen molar-refractivity contribution in [1.29, 1.82) is 0 Å². The summed E-state index contributed by atoms with van der Waals surface area (Å²) in [6.45, 7) is 5.11. The highest BCUT2D eigenvalue weighted by Gasteiger charge is 2.48. The summed E-state index contributed by atoms with van der Waals surface area (Å²) < 4.78 is -0.665. The highest BCUT2D eigenvalue weighted by Crippen LogP contribution is 2.38. The first-order valence-electron chi connectivity index (χ1n) is 9.31. The van der Waals surface area contributed by atoms with Crippen LogP contribution in [-0.2, 0) is 14.4 Å². The van der Waals surface area contributed by atoms with E-state index in [9.17, 15) is 24.3 Å². The average molecular weight is 554 g/mol. The van der Waals surface area contributed by atoms with Crippen LogP contribution in [0.2, 0.25) is 10.0 Å². The van der Waals surface area contributed by atoms with E-state index < -0.39 is 27.8 Å². The smallest absolute Gasteiger partial charge is 0.352 e. The van der Waals surface area contributed by atoms with E-state index in [-0.39, 0.29) is 28.7 Å².